The maximum atomic E-state index is 10.3. The first kappa shape index (κ1) is 10.7. The van der Waals surface area contributed by atoms with E-state index in [1.807, 2.05) is 0 Å². The minimum atomic E-state index is 0.119. The number of nitrogens with zero attached hydrogens (tertiary/aromatic N) is 1. The van der Waals surface area contributed by atoms with Crippen molar-refractivity contribution in [1.82, 2.24) is 0 Å². The maximum absolute atomic E-state index is 10.3. The molecule has 0 radical (unpaired) electrons. The van der Waals surface area contributed by atoms with Gasteiger partial charge >= 0.3 is 0 Å². The summed E-state index contributed by atoms with van der Waals surface area (Å²) in [7, 11) is 0. The topological polar surface area (TPSA) is 49.7 Å². The van der Waals surface area contributed by atoms with Gasteiger partial charge in [0.05, 0.1) is 0 Å². The second-order valence-electron chi connectivity index (χ2n) is 3.41. The summed E-state index contributed by atoms with van der Waals surface area (Å²) in [6.07, 6.45) is 4.31. The van der Waals surface area contributed by atoms with E-state index in [9.17, 15) is 10.0 Å². The first-order chi connectivity index (χ1) is 6.76. The first-order valence-electron chi connectivity index (χ1n) is 4.92. The molecule has 1 aromatic carbocycles. The van der Waals surface area contributed by atoms with Crippen molar-refractivity contribution >= 4 is 5.69 Å². The molecule has 0 atom stereocenters. The van der Waals surface area contributed by atoms with Gasteiger partial charge in [0.1, 0.15) is 11.4 Å². The summed E-state index contributed by atoms with van der Waals surface area (Å²) in [4.78, 5) is 10.3. The molecular formula is C11H15NO2. The van der Waals surface area contributed by atoms with Crippen LogP contribution in [0, 0.1) is 4.91 Å². The van der Waals surface area contributed by atoms with Gasteiger partial charge in [-0.1, -0.05) is 19.8 Å². The molecule has 0 aliphatic heterocycles. The Morgan fingerprint density at radius 2 is 2.07 bits per heavy atom. The van der Waals surface area contributed by atoms with E-state index >= 15 is 0 Å². The second-order valence-corrected chi connectivity index (χ2v) is 3.41. The number of hydrogen-bond donors (Lipinski definition) is 1. The quantitative estimate of drug-likeness (QED) is 0.574. The Labute approximate surface area is 83.7 Å². The van der Waals surface area contributed by atoms with Gasteiger partial charge in [0.25, 0.3) is 0 Å². The van der Waals surface area contributed by atoms with Crippen molar-refractivity contribution < 1.29 is 5.11 Å². The van der Waals surface area contributed by atoms with Crippen LogP contribution in [0.5, 0.6) is 5.75 Å². The van der Waals surface area contributed by atoms with Crippen LogP contribution in [0.3, 0.4) is 0 Å². The van der Waals surface area contributed by atoms with Gasteiger partial charge in [-0.3, -0.25) is 0 Å². The zero-order valence-corrected chi connectivity index (χ0v) is 8.36. The molecule has 0 spiro atoms. The molecule has 1 aromatic rings. The van der Waals surface area contributed by atoms with Crippen LogP contribution in [0.4, 0.5) is 5.69 Å². The Kier molecular flexibility index (Phi) is 4.11. The zero-order valence-electron chi connectivity index (χ0n) is 8.36. The number of hydrogen-bond acceptors (Lipinski definition) is 3. The molecule has 3 heteroatoms. The highest BCUT2D eigenvalue weighted by Crippen LogP contribution is 2.23. The summed E-state index contributed by atoms with van der Waals surface area (Å²) in [6, 6.07) is 4.78. The van der Waals surface area contributed by atoms with Crippen molar-refractivity contribution in [2.45, 2.75) is 32.6 Å². The third-order valence-corrected chi connectivity index (χ3v) is 2.14. The summed E-state index contributed by atoms with van der Waals surface area (Å²) >= 11 is 0. The molecular weight excluding hydrogens is 178 g/mol. The van der Waals surface area contributed by atoms with Gasteiger partial charge in [-0.15, -0.1) is 4.91 Å². The maximum Gasteiger partial charge on any atom is 0.118 e. The van der Waals surface area contributed by atoms with Gasteiger partial charge in [-0.05, 0) is 35.7 Å². The van der Waals surface area contributed by atoms with E-state index in [0.29, 0.717) is 5.69 Å². The van der Waals surface area contributed by atoms with Crippen LogP contribution < -0.4 is 0 Å². The van der Waals surface area contributed by atoms with E-state index in [1.54, 1.807) is 12.1 Å². The van der Waals surface area contributed by atoms with Crippen molar-refractivity contribution in [2.75, 3.05) is 0 Å². The van der Waals surface area contributed by atoms with Crippen LogP contribution in [0.25, 0.3) is 0 Å². The van der Waals surface area contributed by atoms with E-state index in [4.69, 9.17) is 0 Å². The lowest BCUT2D eigenvalue weighted by Crippen LogP contribution is -1.84. The summed E-state index contributed by atoms with van der Waals surface area (Å²) in [5.41, 5.74) is 1.28. The van der Waals surface area contributed by atoms with Crippen LogP contribution >= 0.6 is 0 Å². The number of rotatable bonds is 5. The molecule has 14 heavy (non-hydrogen) atoms. The van der Waals surface area contributed by atoms with Gasteiger partial charge in [-0.2, -0.15) is 0 Å². The number of aryl methyl sites for hydroxylation is 1. The fourth-order valence-electron chi connectivity index (χ4n) is 1.43. The zero-order chi connectivity index (χ0) is 10.4. The third kappa shape index (κ3) is 3.17. The molecule has 0 saturated carbocycles. The van der Waals surface area contributed by atoms with E-state index in [0.717, 1.165) is 24.8 Å². The summed E-state index contributed by atoms with van der Waals surface area (Å²) in [5, 5.41) is 12.1. The molecule has 0 aliphatic rings. The van der Waals surface area contributed by atoms with Crippen LogP contribution in [0.1, 0.15) is 31.7 Å². The minimum absolute atomic E-state index is 0.119. The van der Waals surface area contributed by atoms with Gasteiger partial charge in [0, 0.05) is 6.07 Å². The van der Waals surface area contributed by atoms with Crippen molar-refractivity contribution in [2.24, 2.45) is 5.18 Å². The monoisotopic (exact) mass is 193 g/mol. The number of benzene rings is 1. The second kappa shape index (κ2) is 5.37. The number of phenols is 1. The Balaban J connectivity index is 2.66. The largest absolute Gasteiger partial charge is 0.508 e. The summed E-state index contributed by atoms with van der Waals surface area (Å²) in [5.74, 6) is 0.119. The molecule has 0 amide bonds. The molecule has 0 heterocycles. The predicted molar refractivity (Wildman–Crippen MR) is 56.8 cm³/mol. The van der Waals surface area contributed by atoms with Gasteiger partial charge < -0.3 is 5.11 Å². The Morgan fingerprint density at radius 1 is 1.29 bits per heavy atom. The van der Waals surface area contributed by atoms with Crippen LogP contribution in [-0.4, -0.2) is 5.11 Å². The van der Waals surface area contributed by atoms with Crippen LogP contribution in [0.2, 0.25) is 0 Å². The normalized spacial score (nSPS) is 10.1. The molecule has 0 aromatic heterocycles. The Morgan fingerprint density at radius 3 is 2.71 bits per heavy atom. The number of aromatic hydroxyl groups is 1. The summed E-state index contributed by atoms with van der Waals surface area (Å²) in [6.45, 7) is 2.14. The predicted octanol–water partition coefficient (Wildman–Crippen LogP) is 3.52. The molecule has 1 N–H and O–H groups in total. The number of nitroso groups, excluding NO2 is 1. The molecule has 76 valence electrons. The molecule has 0 bridgehead atoms. The van der Waals surface area contributed by atoms with E-state index in [1.165, 1.54) is 12.5 Å². The molecule has 3 nitrogen and oxygen atoms in total. The third-order valence-electron chi connectivity index (χ3n) is 2.14. The molecule has 0 fully saturated rings. The minimum Gasteiger partial charge on any atom is -0.508 e. The van der Waals surface area contributed by atoms with Gasteiger partial charge in [0.15, 0.2) is 0 Å². The Bertz CT molecular complexity index is 310. The molecule has 1 rings (SSSR count). The van der Waals surface area contributed by atoms with E-state index in [-0.39, 0.29) is 5.75 Å². The average molecular weight is 193 g/mol. The average Bonchev–Trinajstić information content (AvgIpc) is 2.17. The highest BCUT2D eigenvalue weighted by Gasteiger charge is 2.00. The van der Waals surface area contributed by atoms with Crippen molar-refractivity contribution in [3.05, 3.63) is 28.7 Å². The van der Waals surface area contributed by atoms with E-state index < -0.39 is 0 Å². The van der Waals surface area contributed by atoms with Gasteiger partial charge in [0.2, 0.25) is 0 Å². The summed E-state index contributed by atoms with van der Waals surface area (Å²) < 4.78 is 0. The fourth-order valence-corrected chi connectivity index (χ4v) is 1.43. The lowest BCUT2D eigenvalue weighted by atomic mass is 10.1. The lowest BCUT2D eigenvalue weighted by molar-refractivity contribution is 0.474. The highest BCUT2D eigenvalue weighted by molar-refractivity contribution is 5.46. The van der Waals surface area contributed by atoms with Crippen molar-refractivity contribution in [3.8, 4) is 5.75 Å². The van der Waals surface area contributed by atoms with E-state index in [2.05, 4.69) is 12.1 Å². The number of phenolic OH excluding ortho intramolecular Hbond substituents is 1. The van der Waals surface area contributed by atoms with Gasteiger partial charge in [-0.25, -0.2) is 0 Å². The first-order valence-corrected chi connectivity index (χ1v) is 4.92. The highest BCUT2D eigenvalue weighted by atomic mass is 16.3. The molecule has 0 unspecified atom stereocenters. The molecule has 0 aliphatic carbocycles. The SMILES string of the molecule is CCCCCc1cc(O)cc(N=O)c1. The fraction of sp³-hybridized carbons (Fsp3) is 0.455. The van der Waals surface area contributed by atoms with Crippen molar-refractivity contribution in [3.63, 3.8) is 0 Å². The smallest absolute Gasteiger partial charge is 0.118 e. The van der Waals surface area contributed by atoms with Crippen LogP contribution in [0.15, 0.2) is 23.4 Å². The molecule has 0 saturated heterocycles. The standard InChI is InChI=1S/C11H15NO2/c1-2-3-4-5-9-6-10(12-14)8-11(13)7-9/h6-8,13H,2-5H2,1H3. The van der Waals surface area contributed by atoms with Crippen molar-refractivity contribution in [1.29, 1.82) is 0 Å². The number of unbranched alkanes of at least 4 members (excludes halogenated alkanes) is 2. The van der Waals surface area contributed by atoms with Crippen LogP contribution in [-0.2, 0) is 6.42 Å². The Hall–Kier alpha value is -1.38. The lowest BCUT2D eigenvalue weighted by Gasteiger charge is -2.02.